The van der Waals surface area contributed by atoms with Gasteiger partial charge in [-0.25, -0.2) is 0 Å². The summed E-state index contributed by atoms with van der Waals surface area (Å²) >= 11 is 5.74. The van der Waals surface area contributed by atoms with Gasteiger partial charge in [0.2, 0.25) is 0 Å². The smallest absolute Gasteiger partial charge is 0.174 e. The number of benzene rings is 1. The number of hydrogen-bond acceptors (Lipinski definition) is 2. The first-order chi connectivity index (χ1) is 12.7. The Morgan fingerprint density at radius 1 is 1.00 bits per heavy atom. The van der Waals surface area contributed by atoms with Crippen LogP contribution < -0.4 is 10.2 Å². The van der Waals surface area contributed by atoms with Gasteiger partial charge in [-0.3, -0.25) is 4.98 Å². The molecule has 4 nitrogen and oxygen atoms in total. The maximum atomic E-state index is 5.74. The van der Waals surface area contributed by atoms with Gasteiger partial charge in [-0.05, 0) is 62.5 Å². The molecule has 2 atom stereocenters. The summed E-state index contributed by atoms with van der Waals surface area (Å²) in [6.07, 6.45) is 3.98. The second-order valence-corrected chi connectivity index (χ2v) is 7.15. The van der Waals surface area contributed by atoms with Crippen molar-refractivity contribution in [1.29, 1.82) is 0 Å². The lowest BCUT2D eigenvalue weighted by atomic mass is 10.0. The normalized spacial score (nSPS) is 19.8. The molecule has 1 aromatic carbocycles. The topological polar surface area (TPSA) is 33.1 Å². The summed E-state index contributed by atoms with van der Waals surface area (Å²) in [5.41, 5.74) is 3.31. The first-order valence-electron chi connectivity index (χ1n) is 8.89. The molecule has 1 N–H and O–H groups in total. The molecule has 0 saturated carbocycles. The van der Waals surface area contributed by atoms with E-state index < -0.39 is 0 Å². The lowest BCUT2D eigenvalue weighted by Crippen LogP contribution is -2.30. The number of para-hydroxylation sites is 1. The number of nitrogens with zero attached hydrogens (tertiary/aromatic N) is 3. The second-order valence-electron chi connectivity index (χ2n) is 6.77. The van der Waals surface area contributed by atoms with E-state index in [4.69, 9.17) is 12.2 Å². The van der Waals surface area contributed by atoms with Gasteiger partial charge in [-0.2, -0.15) is 0 Å². The van der Waals surface area contributed by atoms with Crippen molar-refractivity contribution in [3.05, 3.63) is 84.4 Å². The first-order valence-corrected chi connectivity index (χ1v) is 9.30. The molecule has 1 fully saturated rings. The summed E-state index contributed by atoms with van der Waals surface area (Å²) in [5.74, 6) is 0. The molecule has 5 heteroatoms. The third kappa shape index (κ3) is 2.88. The first kappa shape index (κ1) is 16.8. The highest BCUT2D eigenvalue weighted by molar-refractivity contribution is 7.80. The van der Waals surface area contributed by atoms with Gasteiger partial charge in [0.25, 0.3) is 0 Å². The average Bonchev–Trinajstić information content (AvgIpc) is 3.27. The number of hydrogen-bond donors (Lipinski definition) is 1. The van der Waals surface area contributed by atoms with Gasteiger partial charge in [0.1, 0.15) is 6.04 Å². The maximum absolute atomic E-state index is 5.74. The van der Waals surface area contributed by atoms with Crippen LogP contribution in [0.3, 0.4) is 0 Å². The van der Waals surface area contributed by atoms with Crippen LogP contribution in [0.1, 0.15) is 43.4 Å². The minimum atomic E-state index is -0.00342. The second kappa shape index (κ2) is 6.92. The highest BCUT2D eigenvalue weighted by Crippen LogP contribution is 2.41. The molecule has 0 spiro atoms. The molecule has 2 aromatic heterocycles. The van der Waals surface area contributed by atoms with Crippen LogP contribution in [-0.4, -0.2) is 14.7 Å². The largest absolute Gasteiger partial charge is 0.351 e. The standard InChI is InChI=1S/C21H22N4S/c1-15(2)24-14-8-12-18(24)20-19(17-11-6-7-13-22-17)23-21(26)25(20)16-9-4-3-5-10-16/h3-15,19-20H,1-2H3,(H,23,26). The summed E-state index contributed by atoms with van der Waals surface area (Å²) in [4.78, 5) is 6.81. The Morgan fingerprint density at radius 3 is 2.46 bits per heavy atom. The third-order valence-corrected chi connectivity index (χ3v) is 5.12. The molecule has 1 saturated heterocycles. The SMILES string of the molecule is CC(C)n1cccc1C1C(c2ccccn2)NC(=S)N1c1ccccc1. The number of anilines is 1. The molecule has 3 aromatic rings. The van der Waals surface area contributed by atoms with E-state index in [1.54, 1.807) is 0 Å². The van der Waals surface area contributed by atoms with Gasteiger partial charge in [-0.15, -0.1) is 0 Å². The minimum absolute atomic E-state index is 0.00342. The van der Waals surface area contributed by atoms with E-state index in [0.29, 0.717) is 6.04 Å². The van der Waals surface area contributed by atoms with Crippen LogP contribution in [0.15, 0.2) is 73.1 Å². The Bertz CT molecular complexity index is 889. The van der Waals surface area contributed by atoms with Gasteiger partial charge in [0.05, 0.1) is 11.7 Å². The summed E-state index contributed by atoms with van der Waals surface area (Å²) in [6.45, 7) is 4.40. The molecule has 0 amide bonds. The van der Waals surface area contributed by atoms with Crippen molar-refractivity contribution in [3.8, 4) is 0 Å². The zero-order valence-electron chi connectivity index (χ0n) is 14.9. The minimum Gasteiger partial charge on any atom is -0.351 e. The van der Waals surface area contributed by atoms with E-state index >= 15 is 0 Å². The van der Waals surface area contributed by atoms with Crippen LogP contribution in [0.5, 0.6) is 0 Å². The number of rotatable bonds is 4. The van der Waals surface area contributed by atoms with E-state index in [1.165, 1.54) is 5.69 Å². The van der Waals surface area contributed by atoms with Crippen molar-refractivity contribution >= 4 is 23.0 Å². The van der Waals surface area contributed by atoms with E-state index in [1.807, 2.05) is 36.5 Å². The maximum Gasteiger partial charge on any atom is 0.174 e. The summed E-state index contributed by atoms with van der Waals surface area (Å²) < 4.78 is 2.31. The van der Waals surface area contributed by atoms with Crippen molar-refractivity contribution in [1.82, 2.24) is 14.9 Å². The van der Waals surface area contributed by atoms with Crippen molar-refractivity contribution in [2.24, 2.45) is 0 Å². The van der Waals surface area contributed by atoms with Crippen LogP contribution >= 0.6 is 12.2 Å². The lowest BCUT2D eigenvalue weighted by molar-refractivity contribution is 0.497. The third-order valence-electron chi connectivity index (χ3n) is 4.80. The fourth-order valence-electron chi connectivity index (χ4n) is 3.65. The Kier molecular flexibility index (Phi) is 4.47. The van der Waals surface area contributed by atoms with Gasteiger partial charge >= 0.3 is 0 Å². The number of pyridine rings is 1. The number of aromatic nitrogens is 2. The van der Waals surface area contributed by atoms with Gasteiger partial charge < -0.3 is 14.8 Å². The summed E-state index contributed by atoms with van der Waals surface area (Å²) in [5, 5.41) is 4.23. The molecule has 1 aliphatic rings. The van der Waals surface area contributed by atoms with Gasteiger partial charge in [0.15, 0.2) is 5.11 Å². The van der Waals surface area contributed by atoms with Gasteiger partial charge in [-0.1, -0.05) is 24.3 Å². The molecular formula is C21H22N4S. The zero-order chi connectivity index (χ0) is 18.1. The number of nitrogens with one attached hydrogen (secondary N) is 1. The van der Waals surface area contributed by atoms with E-state index in [2.05, 4.69) is 70.1 Å². The molecule has 0 bridgehead atoms. The molecule has 3 heterocycles. The van der Waals surface area contributed by atoms with Crippen molar-refractivity contribution in [3.63, 3.8) is 0 Å². The van der Waals surface area contributed by atoms with Crippen molar-refractivity contribution in [2.75, 3.05) is 4.90 Å². The predicted molar refractivity (Wildman–Crippen MR) is 109 cm³/mol. The molecule has 1 aliphatic heterocycles. The fourth-order valence-corrected chi connectivity index (χ4v) is 4.00. The summed E-state index contributed by atoms with van der Waals surface area (Å²) in [7, 11) is 0. The van der Waals surface area contributed by atoms with E-state index in [0.717, 1.165) is 16.5 Å². The molecule has 0 aliphatic carbocycles. The van der Waals surface area contributed by atoms with E-state index in [-0.39, 0.29) is 12.1 Å². The Labute approximate surface area is 159 Å². The Hall–Kier alpha value is -2.66. The van der Waals surface area contributed by atoms with Crippen LogP contribution in [-0.2, 0) is 0 Å². The highest BCUT2D eigenvalue weighted by atomic mass is 32.1. The zero-order valence-corrected chi connectivity index (χ0v) is 15.7. The monoisotopic (exact) mass is 362 g/mol. The van der Waals surface area contributed by atoms with Crippen LogP contribution in [0.2, 0.25) is 0 Å². The predicted octanol–water partition coefficient (Wildman–Crippen LogP) is 4.64. The molecule has 2 unspecified atom stereocenters. The van der Waals surface area contributed by atoms with Crippen molar-refractivity contribution < 1.29 is 0 Å². The van der Waals surface area contributed by atoms with Crippen LogP contribution in [0.4, 0.5) is 5.69 Å². The van der Waals surface area contributed by atoms with Gasteiger partial charge in [0, 0.05) is 29.8 Å². The highest BCUT2D eigenvalue weighted by Gasteiger charge is 2.42. The molecule has 0 radical (unpaired) electrons. The summed E-state index contributed by atoms with van der Waals surface area (Å²) in [6, 6.07) is 21.0. The molecule has 4 rings (SSSR count). The van der Waals surface area contributed by atoms with Crippen LogP contribution in [0, 0.1) is 0 Å². The number of thiocarbonyl (C=S) groups is 1. The fraction of sp³-hybridized carbons (Fsp3) is 0.238. The Morgan fingerprint density at radius 2 is 1.77 bits per heavy atom. The average molecular weight is 363 g/mol. The molecule has 132 valence electrons. The van der Waals surface area contributed by atoms with Crippen LogP contribution in [0.25, 0.3) is 0 Å². The van der Waals surface area contributed by atoms with Crippen molar-refractivity contribution in [2.45, 2.75) is 32.0 Å². The van der Waals surface area contributed by atoms with E-state index in [9.17, 15) is 0 Å². The molecule has 26 heavy (non-hydrogen) atoms. The lowest BCUT2D eigenvalue weighted by Gasteiger charge is -2.29. The molecular weight excluding hydrogens is 340 g/mol. The quantitative estimate of drug-likeness (QED) is 0.686. The Balaban J connectivity index is 1.86.